The number of aryl methyl sites for hydroxylation is 1. The highest BCUT2D eigenvalue weighted by molar-refractivity contribution is 6.04. The number of nitrogens with one attached hydrogen (secondary N) is 2. The summed E-state index contributed by atoms with van der Waals surface area (Å²) < 4.78 is 3.68. The van der Waals surface area contributed by atoms with E-state index in [2.05, 4.69) is 56.7 Å². The number of aliphatic hydroxyl groups is 1. The van der Waals surface area contributed by atoms with E-state index < -0.39 is 5.60 Å². The number of imidazole rings is 1. The predicted octanol–water partition coefficient (Wildman–Crippen LogP) is 3.28. The molecular formula is C31H43N9O2. The van der Waals surface area contributed by atoms with Gasteiger partial charge in [-0.3, -0.25) is 19.8 Å². The molecule has 1 aliphatic heterocycles. The molecule has 0 radical (unpaired) electrons. The largest absolute Gasteiger partial charge is 0.389 e. The summed E-state index contributed by atoms with van der Waals surface area (Å²) in [5.74, 6) is 0.102. The number of aromatic nitrogens is 5. The minimum absolute atomic E-state index is 0.275. The Morgan fingerprint density at radius 2 is 1.93 bits per heavy atom. The van der Waals surface area contributed by atoms with E-state index in [9.17, 15) is 9.90 Å². The number of carbonyl (C=O) groups excluding carboxylic acids is 1. The summed E-state index contributed by atoms with van der Waals surface area (Å²) in [6.45, 7) is 9.73. The molecule has 1 fully saturated rings. The average molecular weight is 574 g/mol. The number of hydrogen-bond donors (Lipinski definition) is 3. The third-order valence-electron chi connectivity index (χ3n) is 7.89. The maximum absolute atomic E-state index is 13.4. The second kappa shape index (κ2) is 12.2. The van der Waals surface area contributed by atoms with Gasteiger partial charge in [0.05, 0.1) is 35.1 Å². The third kappa shape index (κ3) is 6.80. The third-order valence-corrected chi connectivity index (χ3v) is 7.89. The van der Waals surface area contributed by atoms with Crippen LogP contribution in [0.5, 0.6) is 0 Å². The number of likely N-dealkylation sites (N-methyl/N-ethyl adjacent to an activating group) is 1. The highest BCUT2D eigenvalue weighted by Crippen LogP contribution is 2.29. The first-order valence-corrected chi connectivity index (χ1v) is 14.6. The standard InChI is InChI=1S/C31H43N9O2/c1-21-25(19-34-38(21)6)27-17-22(9-12-33-27)29(41)36-30-35-26-8-7-24(18-28(26)40(30)20-31(2,3)42)39-14-10-23(11-15-39)32-13-16-37(4)5/h7-9,12,17-19,23,32,42H,10-11,13-16,20H2,1-6H3,(H,35,36,41). The van der Waals surface area contributed by atoms with Gasteiger partial charge in [0.25, 0.3) is 5.91 Å². The Morgan fingerprint density at radius 1 is 1.17 bits per heavy atom. The maximum Gasteiger partial charge on any atom is 0.258 e. The van der Waals surface area contributed by atoms with Gasteiger partial charge in [0.2, 0.25) is 5.95 Å². The van der Waals surface area contributed by atoms with Crippen LogP contribution in [0.3, 0.4) is 0 Å². The molecule has 0 atom stereocenters. The van der Waals surface area contributed by atoms with Gasteiger partial charge in [0.15, 0.2) is 0 Å². The second-order valence-electron chi connectivity index (χ2n) is 12.2. The van der Waals surface area contributed by atoms with Crippen LogP contribution in [0.2, 0.25) is 0 Å². The molecule has 1 amide bonds. The van der Waals surface area contributed by atoms with E-state index in [1.807, 2.05) is 24.6 Å². The van der Waals surface area contributed by atoms with Crippen LogP contribution in [0.15, 0.2) is 42.7 Å². The van der Waals surface area contributed by atoms with Crippen molar-refractivity contribution in [3.63, 3.8) is 0 Å². The molecular weight excluding hydrogens is 530 g/mol. The molecule has 1 aromatic carbocycles. The van der Waals surface area contributed by atoms with Gasteiger partial charge in [-0.2, -0.15) is 5.10 Å². The fraction of sp³-hybridized carbons (Fsp3) is 0.484. The molecule has 5 rings (SSSR count). The molecule has 3 aromatic heterocycles. The van der Waals surface area contributed by atoms with E-state index in [1.54, 1.807) is 43.1 Å². The molecule has 0 unspecified atom stereocenters. The molecule has 0 spiro atoms. The second-order valence-corrected chi connectivity index (χ2v) is 12.2. The van der Waals surface area contributed by atoms with Crippen LogP contribution in [0.4, 0.5) is 11.6 Å². The van der Waals surface area contributed by atoms with E-state index in [4.69, 9.17) is 4.98 Å². The Balaban J connectivity index is 1.37. The Labute approximate surface area is 247 Å². The van der Waals surface area contributed by atoms with Crippen LogP contribution < -0.4 is 15.5 Å². The lowest BCUT2D eigenvalue weighted by atomic mass is 10.0. The smallest absolute Gasteiger partial charge is 0.258 e. The van der Waals surface area contributed by atoms with Gasteiger partial charge in [-0.15, -0.1) is 0 Å². The van der Waals surface area contributed by atoms with Gasteiger partial charge >= 0.3 is 0 Å². The minimum atomic E-state index is -1.01. The van der Waals surface area contributed by atoms with Crippen LogP contribution >= 0.6 is 0 Å². The van der Waals surface area contributed by atoms with Gasteiger partial charge < -0.3 is 24.8 Å². The quantitative estimate of drug-likeness (QED) is 0.265. The number of hydrogen-bond acceptors (Lipinski definition) is 8. The fourth-order valence-electron chi connectivity index (χ4n) is 5.43. The maximum atomic E-state index is 13.4. The number of benzene rings is 1. The van der Waals surface area contributed by atoms with E-state index in [-0.39, 0.29) is 12.5 Å². The molecule has 1 aliphatic rings. The molecule has 4 heterocycles. The van der Waals surface area contributed by atoms with Gasteiger partial charge in [-0.05, 0) is 78.0 Å². The number of carbonyl (C=O) groups is 1. The molecule has 1 saturated heterocycles. The topological polar surface area (TPSA) is 116 Å². The fourth-order valence-corrected chi connectivity index (χ4v) is 5.43. The number of amides is 1. The van der Waals surface area contributed by atoms with Crippen molar-refractivity contribution in [1.29, 1.82) is 0 Å². The normalized spacial score (nSPS) is 14.7. The van der Waals surface area contributed by atoms with E-state index in [0.29, 0.717) is 23.2 Å². The lowest BCUT2D eigenvalue weighted by Gasteiger charge is -2.34. The molecule has 0 aliphatic carbocycles. The van der Waals surface area contributed by atoms with Gasteiger partial charge in [0.1, 0.15) is 0 Å². The number of fused-ring (bicyclic) bond motifs is 1. The first kappa shape index (κ1) is 29.7. The number of nitrogens with zero attached hydrogens (tertiary/aromatic N) is 7. The van der Waals surface area contributed by atoms with Crippen molar-refractivity contribution in [2.75, 3.05) is 50.5 Å². The highest BCUT2D eigenvalue weighted by atomic mass is 16.3. The number of pyridine rings is 1. The zero-order valence-electron chi connectivity index (χ0n) is 25.6. The summed E-state index contributed by atoms with van der Waals surface area (Å²) in [6, 6.07) is 10.2. The lowest BCUT2D eigenvalue weighted by molar-refractivity contribution is 0.0630. The van der Waals surface area contributed by atoms with Crippen LogP contribution in [0.25, 0.3) is 22.3 Å². The van der Waals surface area contributed by atoms with Gasteiger partial charge in [-0.25, -0.2) is 4.98 Å². The zero-order valence-corrected chi connectivity index (χ0v) is 25.6. The number of piperidine rings is 1. The summed E-state index contributed by atoms with van der Waals surface area (Å²) in [6.07, 6.45) is 5.55. The van der Waals surface area contributed by atoms with Crippen molar-refractivity contribution in [3.8, 4) is 11.3 Å². The summed E-state index contributed by atoms with van der Waals surface area (Å²) in [5, 5.41) is 21.7. The monoisotopic (exact) mass is 573 g/mol. The molecule has 11 heteroatoms. The van der Waals surface area contributed by atoms with Crippen LogP contribution in [-0.4, -0.2) is 92.1 Å². The van der Waals surface area contributed by atoms with Crippen molar-refractivity contribution >= 4 is 28.6 Å². The Kier molecular flexibility index (Phi) is 8.63. The van der Waals surface area contributed by atoms with Gasteiger partial charge in [-0.1, -0.05) is 0 Å². The van der Waals surface area contributed by atoms with Gasteiger partial charge in [0, 0.05) is 68.0 Å². The molecule has 0 bridgehead atoms. The Hall–Kier alpha value is -3.80. The van der Waals surface area contributed by atoms with Crippen LogP contribution in [-0.2, 0) is 13.6 Å². The summed E-state index contributed by atoms with van der Waals surface area (Å²) in [4.78, 5) is 27.3. The van der Waals surface area contributed by atoms with E-state index >= 15 is 0 Å². The molecule has 42 heavy (non-hydrogen) atoms. The minimum Gasteiger partial charge on any atom is -0.389 e. The molecule has 11 nitrogen and oxygen atoms in total. The first-order chi connectivity index (χ1) is 20.0. The van der Waals surface area contributed by atoms with Crippen molar-refractivity contribution in [2.45, 2.75) is 51.8 Å². The summed E-state index contributed by atoms with van der Waals surface area (Å²) in [5.41, 5.74) is 4.73. The highest BCUT2D eigenvalue weighted by Gasteiger charge is 2.24. The number of anilines is 2. The molecule has 0 saturated carbocycles. The lowest BCUT2D eigenvalue weighted by Crippen LogP contribution is -2.44. The molecule has 224 valence electrons. The van der Waals surface area contributed by atoms with Crippen molar-refractivity contribution in [2.24, 2.45) is 7.05 Å². The summed E-state index contributed by atoms with van der Waals surface area (Å²) >= 11 is 0. The SMILES string of the molecule is Cc1c(-c2cc(C(=O)Nc3nc4ccc(N5CCC(NCCN(C)C)CC5)cc4n3CC(C)(C)O)ccn2)cnn1C. The molecule has 3 N–H and O–H groups in total. The number of rotatable bonds is 10. The first-order valence-electron chi connectivity index (χ1n) is 14.6. The predicted molar refractivity (Wildman–Crippen MR) is 167 cm³/mol. The zero-order chi connectivity index (χ0) is 30.0. The van der Waals surface area contributed by atoms with E-state index in [0.717, 1.165) is 67.0 Å². The van der Waals surface area contributed by atoms with E-state index in [1.165, 1.54) is 0 Å². The van der Waals surface area contributed by atoms with Crippen LogP contribution in [0, 0.1) is 6.92 Å². The molecule has 4 aromatic rings. The Morgan fingerprint density at radius 3 is 2.60 bits per heavy atom. The van der Waals surface area contributed by atoms with Crippen molar-refractivity contribution in [1.82, 2.24) is 34.5 Å². The van der Waals surface area contributed by atoms with Crippen LogP contribution in [0.1, 0.15) is 42.7 Å². The Bertz CT molecular complexity index is 1540. The summed E-state index contributed by atoms with van der Waals surface area (Å²) in [7, 11) is 6.07. The van der Waals surface area contributed by atoms with Crippen molar-refractivity contribution < 1.29 is 9.90 Å². The van der Waals surface area contributed by atoms with Crippen molar-refractivity contribution in [3.05, 3.63) is 54.0 Å². The average Bonchev–Trinajstić information content (AvgIpc) is 3.46.